The van der Waals surface area contributed by atoms with Crippen LogP contribution in [0.25, 0.3) is 0 Å². The Labute approximate surface area is 117 Å². The SMILES string of the molecule is CC1(c2nc(C3COc4ccccc43)no2)CCNC1. The summed E-state index contributed by atoms with van der Waals surface area (Å²) in [6, 6.07) is 8.05. The van der Waals surface area contributed by atoms with Crippen LogP contribution < -0.4 is 10.1 Å². The van der Waals surface area contributed by atoms with E-state index in [1.54, 1.807) is 0 Å². The molecule has 0 radical (unpaired) electrons. The van der Waals surface area contributed by atoms with Gasteiger partial charge in [0, 0.05) is 12.1 Å². The van der Waals surface area contributed by atoms with Crippen molar-refractivity contribution in [1.29, 1.82) is 0 Å². The highest BCUT2D eigenvalue weighted by Crippen LogP contribution is 2.37. The van der Waals surface area contributed by atoms with E-state index in [1.807, 2.05) is 18.2 Å². The van der Waals surface area contributed by atoms with Gasteiger partial charge in [0.1, 0.15) is 12.4 Å². The predicted octanol–water partition coefficient (Wildman–Crippen LogP) is 1.84. The fourth-order valence-electron chi connectivity index (χ4n) is 3.00. The summed E-state index contributed by atoms with van der Waals surface area (Å²) in [5.41, 5.74) is 1.11. The molecular formula is C15H17N3O2. The predicted molar refractivity (Wildman–Crippen MR) is 72.9 cm³/mol. The van der Waals surface area contributed by atoms with Gasteiger partial charge in [0.15, 0.2) is 5.82 Å². The first-order valence-electron chi connectivity index (χ1n) is 7.03. The molecule has 2 atom stereocenters. The number of rotatable bonds is 2. The average molecular weight is 271 g/mol. The highest BCUT2D eigenvalue weighted by molar-refractivity contribution is 5.42. The molecule has 2 unspecified atom stereocenters. The summed E-state index contributed by atoms with van der Waals surface area (Å²) in [7, 11) is 0. The Morgan fingerprint density at radius 2 is 2.25 bits per heavy atom. The van der Waals surface area contributed by atoms with Crippen LogP contribution in [-0.2, 0) is 5.41 Å². The lowest BCUT2D eigenvalue weighted by Crippen LogP contribution is -2.25. The Balaban J connectivity index is 1.66. The Morgan fingerprint density at radius 1 is 1.35 bits per heavy atom. The molecule has 1 aromatic carbocycles. The molecule has 1 saturated heterocycles. The van der Waals surface area contributed by atoms with Crippen molar-refractivity contribution in [2.24, 2.45) is 0 Å². The first kappa shape index (κ1) is 11.9. The summed E-state index contributed by atoms with van der Waals surface area (Å²) in [6.07, 6.45) is 1.03. The number of fused-ring (bicyclic) bond motifs is 1. The van der Waals surface area contributed by atoms with Crippen molar-refractivity contribution in [2.45, 2.75) is 24.7 Å². The van der Waals surface area contributed by atoms with Gasteiger partial charge in [0.25, 0.3) is 0 Å². The number of nitrogens with one attached hydrogen (secondary N) is 1. The Hall–Kier alpha value is -1.88. The van der Waals surface area contributed by atoms with E-state index in [1.165, 1.54) is 0 Å². The van der Waals surface area contributed by atoms with Gasteiger partial charge in [-0.15, -0.1) is 0 Å². The zero-order chi connectivity index (χ0) is 13.6. The molecule has 4 rings (SSSR count). The molecule has 104 valence electrons. The lowest BCUT2D eigenvalue weighted by Gasteiger charge is -2.16. The van der Waals surface area contributed by atoms with Crippen LogP contribution in [0, 0.1) is 0 Å². The number of nitrogens with zero attached hydrogens (tertiary/aromatic N) is 2. The highest BCUT2D eigenvalue weighted by Gasteiger charge is 2.38. The fraction of sp³-hybridized carbons (Fsp3) is 0.467. The molecular weight excluding hydrogens is 254 g/mol. The summed E-state index contributed by atoms with van der Waals surface area (Å²) in [5.74, 6) is 2.49. The van der Waals surface area contributed by atoms with Gasteiger partial charge in [-0.2, -0.15) is 4.98 Å². The first-order chi connectivity index (χ1) is 9.76. The third-order valence-corrected chi connectivity index (χ3v) is 4.34. The van der Waals surface area contributed by atoms with Gasteiger partial charge in [0.2, 0.25) is 5.89 Å². The van der Waals surface area contributed by atoms with E-state index in [4.69, 9.17) is 9.26 Å². The highest BCUT2D eigenvalue weighted by atomic mass is 16.5. The van der Waals surface area contributed by atoms with Gasteiger partial charge >= 0.3 is 0 Å². The van der Waals surface area contributed by atoms with Crippen molar-refractivity contribution in [1.82, 2.24) is 15.5 Å². The molecule has 1 aromatic heterocycles. The molecule has 2 aliphatic rings. The van der Waals surface area contributed by atoms with Crippen molar-refractivity contribution < 1.29 is 9.26 Å². The van der Waals surface area contributed by atoms with E-state index in [2.05, 4.69) is 28.4 Å². The average Bonchev–Trinajstić information content (AvgIpc) is 3.16. The van der Waals surface area contributed by atoms with E-state index in [-0.39, 0.29) is 11.3 Å². The number of para-hydroxylation sites is 1. The Kier molecular flexibility index (Phi) is 2.57. The molecule has 2 aliphatic heterocycles. The fourth-order valence-corrected chi connectivity index (χ4v) is 3.00. The van der Waals surface area contributed by atoms with Crippen LogP contribution in [0.5, 0.6) is 5.75 Å². The summed E-state index contributed by atoms with van der Waals surface area (Å²) in [4.78, 5) is 4.65. The maximum Gasteiger partial charge on any atom is 0.233 e. The van der Waals surface area contributed by atoms with Crippen molar-refractivity contribution in [2.75, 3.05) is 19.7 Å². The zero-order valence-corrected chi connectivity index (χ0v) is 11.4. The smallest absolute Gasteiger partial charge is 0.233 e. The number of benzene rings is 1. The summed E-state index contributed by atoms with van der Waals surface area (Å²) < 4.78 is 11.2. The maximum absolute atomic E-state index is 5.69. The Morgan fingerprint density at radius 3 is 3.10 bits per heavy atom. The summed E-state index contributed by atoms with van der Waals surface area (Å²) in [5, 5.41) is 7.55. The lowest BCUT2D eigenvalue weighted by atomic mass is 9.90. The second-order valence-electron chi connectivity index (χ2n) is 5.85. The topological polar surface area (TPSA) is 60.2 Å². The van der Waals surface area contributed by atoms with Crippen LogP contribution in [0.2, 0.25) is 0 Å². The molecule has 0 saturated carbocycles. The minimum Gasteiger partial charge on any atom is -0.492 e. The molecule has 0 bridgehead atoms. The van der Waals surface area contributed by atoms with E-state index < -0.39 is 0 Å². The second kappa shape index (κ2) is 4.31. The van der Waals surface area contributed by atoms with E-state index in [0.717, 1.165) is 42.5 Å². The normalized spacial score (nSPS) is 28.4. The van der Waals surface area contributed by atoms with Crippen molar-refractivity contribution in [3.8, 4) is 5.75 Å². The zero-order valence-electron chi connectivity index (χ0n) is 11.4. The van der Waals surface area contributed by atoms with Gasteiger partial charge in [0.05, 0.1) is 11.3 Å². The molecule has 1 fully saturated rings. The van der Waals surface area contributed by atoms with Crippen LogP contribution >= 0.6 is 0 Å². The minimum absolute atomic E-state index is 0.0375. The lowest BCUT2D eigenvalue weighted by molar-refractivity contribution is 0.300. The summed E-state index contributed by atoms with van der Waals surface area (Å²) in [6.45, 7) is 4.66. The molecule has 20 heavy (non-hydrogen) atoms. The Bertz CT molecular complexity index is 632. The third-order valence-electron chi connectivity index (χ3n) is 4.34. The van der Waals surface area contributed by atoms with Crippen LogP contribution in [0.4, 0.5) is 0 Å². The van der Waals surface area contributed by atoms with Crippen molar-refractivity contribution in [3.05, 3.63) is 41.5 Å². The molecule has 0 aliphatic carbocycles. The van der Waals surface area contributed by atoms with Gasteiger partial charge in [-0.1, -0.05) is 23.4 Å². The number of aromatic nitrogens is 2. The number of hydrogen-bond acceptors (Lipinski definition) is 5. The van der Waals surface area contributed by atoms with Crippen LogP contribution in [-0.4, -0.2) is 29.8 Å². The summed E-state index contributed by atoms with van der Waals surface area (Å²) >= 11 is 0. The van der Waals surface area contributed by atoms with Crippen LogP contribution in [0.3, 0.4) is 0 Å². The molecule has 2 aromatic rings. The molecule has 0 spiro atoms. The van der Waals surface area contributed by atoms with Crippen LogP contribution in [0.15, 0.2) is 28.8 Å². The number of ether oxygens (including phenoxy) is 1. The molecule has 3 heterocycles. The monoisotopic (exact) mass is 271 g/mol. The van der Waals surface area contributed by atoms with Gasteiger partial charge < -0.3 is 14.6 Å². The van der Waals surface area contributed by atoms with Gasteiger partial charge in [-0.05, 0) is 26.0 Å². The molecule has 5 nitrogen and oxygen atoms in total. The largest absolute Gasteiger partial charge is 0.492 e. The van der Waals surface area contributed by atoms with Gasteiger partial charge in [-0.25, -0.2) is 0 Å². The third kappa shape index (κ3) is 1.73. The van der Waals surface area contributed by atoms with E-state index in [0.29, 0.717) is 6.61 Å². The number of hydrogen-bond donors (Lipinski definition) is 1. The van der Waals surface area contributed by atoms with E-state index in [9.17, 15) is 0 Å². The molecule has 0 amide bonds. The van der Waals surface area contributed by atoms with Crippen molar-refractivity contribution in [3.63, 3.8) is 0 Å². The van der Waals surface area contributed by atoms with Gasteiger partial charge in [-0.3, -0.25) is 0 Å². The molecule has 1 N–H and O–H groups in total. The second-order valence-corrected chi connectivity index (χ2v) is 5.85. The minimum atomic E-state index is -0.0375. The first-order valence-corrected chi connectivity index (χ1v) is 7.03. The quantitative estimate of drug-likeness (QED) is 0.903. The van der Waals surface area contributed by atoms with Crippen LogP contribution in [0.1, 0.15) is 36.5 Å². The maximum atomic E-state index is 5.69. The molecule has 5 heteroatoms. The van der Waals surface area contributed by atoms with Crippen molar-refractivity contribution >= 4 is 0 Å². The standard InChI is InChI=1S/C15H17N3O2/c1-15(6-7-16-9-15)14-17-13(18-20-14)11-8-19-12-5-3-2-4-10(11)12/h2-5,11,16H,6-9H2,1H3. The van der Waals surface area contributed by atoms with E-state index >= 15 is 0 Å².